The number of hydrogen-bond acceptors (Lipinski definition) is 5. The number of carbonyl (C=O) groups is 1. The van der Waals surface area contributed by atoms with Crippen molar-refractivity contribution in [2.45, 2.75) is 37.6 Å². The molecule has 0 saturated carbocycles. The van der Waals surface area contributed by atoms with Crippen molar-refractivity contribution in [3.63, 3.8) is 0 Å². The maximum absolute atomic E-state index is 12.8. The van der Waals surface area contributed by atoms with Gasteiger partial charge in [-0.1, -0.05) is 18.2 Å². The molecule has 2 atom stereocenters. The topological polar surface area (TPSA) is 53.0 Å². The first kappa shape index (κ1) is 17.8. The molecule has 5 nitrogen and oxygen atoms in total. The molecule has 25 heavy (non-hydrogen) atoms. The number of aliphatic hydroxyl groups is 1. The minimum atomic E-state index is -0.241. The quantitative estimate of drug-likeness (QED) is 0.831. The van der Waals surface area contributed by atoms with E-state index in [1.807, 2.05) is 26.2 Å². The molecule has 5 heteroatoms. The summed E-state index contributed by atoms with van der Waals surface area (Å²) in [5.74, 6) is -0.241. The zero-order valence-corrected chi connectivity index (χ0v) is 15.4. The Bertz CT molecular complexity index is 673. The minimum Gasteiger partial charge on any atom is -0.463 e. The molecule has 0 saturated heterocycles. The molecule has 0 fully saturated rings. The highest BCUT2D eigenvalue weighted by molar-refractivity contribution is 5.92. The van der Waals surface area contributed by atoms with Crippen LogP contribution in [0.2, 0.25) is 0 Å². The number of rotatable bonds is 5. The Morgan fingerprint density at radius 2 is 2.12 bits per heavy atom. The van der Waals surface area contributed by atoms with Crippen LogP contribution in [0.25, 0.3) is 0 Å². The number of esters is 1. The van der Waals surface area contributed by atoms with E-state index < -0.39 is 0 Å². The fourth-order valence-electron chi connectivity index (χ4n) is 4.56. The van der Waals surface area contributed by atoms with Crippen LogP contribution >= 0.6 is 0 Å². The van der Waals surface area contributed by atoms with Crippen LogP contribution in [0.4, 0.5) is 5.69 Å². The van der Waals surface area contributed by atoms with Gasteiger partial charge in [0.25, 0.3) is 0 Å². The van der Waals surface area contributed by atoms with E-state index in [2.05, 4.69) is 35.0 Å². The van der Waals surface area contributed by atoms with Crippen molar-refractivity contribution in [2.24, 2.45) is 0 Å². The third kappa shape index (κ3) is 2.91. The number of hydrogen-bond donors (Lipinski definition) is 1. The van der Waals surface area contributed by atoms with Crippen molar-refractivity contribution < 1.29 is 14.6 Å². The molecule has 0 bridgehead atoms. The molecule has 0 spiro atoms. The van der Waals surface area contributed by atoms with Crippen molar-refractivity contribution in [1.82, 2.24) is 4.90 Å². The molecule has 0 amide bonds. The fourth-order valence-corrected chi connectivity index (χ4v) is 4.56. The lowest BCUT2D eigenvalue weighted by Gasteiger charge is -2.38. The van der Waals surface area contributed by atoms with Crippen LogP contribution in [0.1, 0.15) is 31.7 Å². The Kier molecular flexibility index (Phi) is 5.04. The van der Waals surface area contributed by atoms with Crippen LogP contribution in [0.3, 0.4) is 0 Å². The van der Waals surface area contributed by atoms with Crippen LogP contribution < -0.4 is 4.90 Å². The number of benzene rings is 1. The fraction of sp³-hybridized carbons (Fsp3) is 0.550. The molecule has 3 rings (SSSR count). The molecule has 0 radical (unpaired) electrons. The number of nitrogens with zero attached hydrogens (tertiary/aromatic N) is 2. The zero-order valence-electron chi connectivity index (χ0n) is 15.4. The number of carbonyl (C=O) groups excluding carboxylic acids is 1. The van der Waals surface area contributed by atoms with Gasteiger partial charge in [0.15, 0.2) is 0 Å². The lowest BCUT2D eigenvalue weighted by Crippen LogP contribution is -2.46. The molecule has 1 N–H and O–H groups in total. The summed E-state index contributed by atoms with van der Waals surface area (Å²) >= 11 is 0. The van der Waals surface area contributed by atoms with E-state index in [0.717, 1.165) is 25.8 Å². The predicted molar refractivity (Wildman–Crippen MR) is 98.6 cm³/mol. The Morgan fingerprint density at radius 1 is 1.36 bits per heavy atom. The molecule has 0 aliphatic carbocycles. The second-order valence-corrected chi connectivity index (χ2v) is 7.05. The van der Waals surface area contributed by atoms with Gasteiger partial charge in [0.1, 0.15) is 0 Å². The third-order valence-electron chi connectivity index (χ3n) is 5.59. The van der Waals surface area contributed by atoms with Crippen LogP contribution in [-0.4, -0.2) is 55.9 Å². The van der Waals surface area contributed by atoms with Gasteiger partial charge in [0.2, 0.25) is 0 Å². The molecule has 2 aliphatic rings. The summed E-state index contributed by atoms with van der Waals surface area (Å²) in [5.41, 5.74) is 2.97. The summed E-state index contributed by atoms with van der Waals surface area (Å²) in [5, 5.41) is 9.48. The van der Waals surface area contributed by atoms with Gasteiger partial charge in [-0.25, -0.2) is 4.79 Å². The van der Waals surface area contributed by atoms with E-state index in [0.29, 0.717) is 12.2 Å². The SMILES string of the molecule is CCOC(=O)C1=CN(C)CC[C@@]2(CCCO)c3ccccc3N(C)[C@@H]12. The van der Waals surface area contributed by atoms with E-state index >= 15 is 0 Å². The maximum Gasteiger partial charge on any atom is 0.337 e. The second kappa shape index (κ2) is 7.08. The van der Waals surface area contributed by atoms with Crippen LogP contribution in [0, 0.1) is 0 Å². The van der Waals surface area contributed by atoms with E-state index in [4.69, 9.17) is 4.74 Å². The summed E-state index contributed by atoms with van der Waals surface area (Å²) < 4.78 is 5.38. The summed E-state index contributed by atoms with van der Waals surface area (Å²) in [4.78, 5) is 17.1. The van der Waals surface area contributed by atoms with Gasteiger partial charge < -0.3 is 19.6 Å². The van der Waals surface area contributed by atoms with Crippen molar-refractivity contribution in [1.29, 1.82) is 0 Å². The molecule has 136 valence electrons. The Hall–Kier alpha value is -2.01. The monoisotopic (exact) mass is 344 g/mol. The highest BCUT2D eigenvalue weighted by Gasteiger charge is 2.53. The molecule has 2 aliphatic heterocycles. The minimum absolute atomic E-state index is 0.0690. The van der Waals surface area contributed by atoms with Gasteiger partial charge in [0.05, 0.1) is 18.2 Å². The Balaban J connectivity index is 2.14. The number of ether oxygens (including phenoxy) is 1. The standard InChI is InChI=1S/C20H28N2O3/c1-4-25-19(24)15-14-21(2)12-11-20(10-7-13-23)16-8-5-6-9-17(16)22(3)18(15)20/h5-6,8-9,14,18,23H,4,7,10-13H2,1-3H3/t18-,20-/m0/s1. The molecule has 2 heterocycles. The van der Waals surface area contributed by atoms with Gasteiger partial charge >= 0.3 is 5.97 Å². The normalized spacial score (nSPS) is 25.1. The van der Waals surface area contributed by atoms with Crippen LogP contribution in [0.5, 0.6) is 0 Å². The third-order valence-corrected chi connectivity index (χ3v) is 5.59. The lowest BCUT2D eigenvalue weighted by atomic mass is 9.69. The number of aliphatic hydroxyl groups excluding tert-OH is 1. The summed E-state index contributed by atoms with van der Waals surface area (Å²) in [7, 11) is 4.06. The van der Waals surface area contributed by atoms with Gasteiger partial charge in [-0.3, -0.25) is 0 Å². The number of para-hydroxylation sites is 1. The van der Waals surface area contributed by atoms with Crippen LogP contribution in [0.15, 0.2) is 36.0 Å². The first-order valence-electron chi connectivity index (χ1n) is 9.07. The zero-order chi connectivity index (χ0) is 18.0. The molecular weight excluding hydrogens is 316 g/mol. The highest BCUT2D eigenvalue weighted by atomic mass is 16.5. The molecule has 1 aromatic carbocycles. The summed E-state index contributed by atoms with van der Waals surface area (Å²) in [6.07, 6.45) is 4.46. The second-order valence-electron chi connectivity index (χ2n) is 7.05. The summed E-state index contributed by atoms with van der Waals surface area (Å²) in [6, 6.07) is 8.34. The first-order valence-corrected chi connectivity index (χ1v) is 9.07. The van der Waals surface area contributed by atoms with Crippen molar-refractivity contribution in [2.75, 3.05) is 38.8 Å². The van der Waals surface area contributed by atoms with Crippen molar-refractivity contribution in [3.8, 4) is 0 Å². The average molecular weight is 344 g/mol. The average Bonchev–Trinajstić information content (AvgIpc) is 2.75. The highest BCUT2D eigenvalue weighted by Crippen LogP contribution is 2.52. The molecular formula is C20H28N2O3. The predicted octanol–water partition coefficient (Wildman–Crippen LogP) is 2.30. The largest absolute Gasteiger partial charge is 0.463 e. The van der Waals surface area contributed by atoms with E-state index in [1.165, 1.54) is 11.3 Å². The van der Waals surface area contributed by atoms with Gasteiger partial charge in [-0.05, 0) is 37.8 Å². The Morgan fingerprint density at radius 3 is 2.84 bits per heavy atom. The van der Waals surface area contributed by atoms with Crippen molar-refractivity contribution in [3.05, 3.63) is 41.6 Å². The van der Waals surface area contributed by atoms with Crippen molar-refractivity contribution >= 4 is 11.7 Å². The number of fused-ring (bicyclic) bond motifs is 3. The molecule has 1 aromatic rings. The first-order chi connectivity index (χ1) is 12.0. The van der Waals surface area contributed by atoms with Gasteiger partial charge in [-0.15, -0.1) is 0 Å². The van der Waals surface area contributed by atoms with Gasteiger partial charge in [0, 0.05) is 44.5 Å². The van der Waals surface area contributed by atoms with E-state index in [9.17, 15) is 9.90 Å². The number of anilines is 1. The van der Waals surface area contributed by atoms with Crippen LogP contribution in [-0.2, 0) is 14.9 Å². The van der Waals surface area contributed by atoms with E-state index in [-0.39, 0.29) is 24.0 Å². The molecule has 0 unspecified atom stereocenters. The summed E-state index contributed by atoms with van der Waals surface area (Å²) in [6.45, 7) is 3.24. The van der Waals surface area contributed by atoms with Gasteiger partial charge in [-0.2, -0.15) is 0 Å². The molecule has 0 aromatic heterocycles. The lowest BCUT2D eigenvalue weighted by molar-refractivity contribution is -0.139. The van der Waals surface area contributed by atoms with E-state index in [1.54, 1.807) is 0 Å². The number of likely N-dealkylation sites (N-methyl/N-ethyl adjacent to an activating group) is 1. The smallest absolute Gasteiger partial charge is 0.337 e. The maximum atomic E-state index is 12.8. The Labute approximate surface area is 149 Å².